The molecular weight excluding hydrogens is 194 g/mol. The minimum atomic E-state index is -1.65. The van der Waals surface area contributed by atoms with Gasteiger partial charge in [-0.25, -0.2) is 4.79 Å². The summed E-state index contributed by atoms with van der Waals surface area (Å²) in [6.07, 6.45) is -5.71. The van der Waals surface area contributed by atoms with Crippen LogP contribution in [0.1, 0.15) is 0 Å². The molecule has 1 aliphatic rings. The zero-order valence-corrected chi connectivity index (χ0v) is 7.02. The Kier molecular flexibility index (Phi) is 3.26. The van der Waals surface area contributed by atoms with Crippen LogP contribution in [-0.4, -0.2) is 52.2 Å². The van der Waals surface area contributed by atoms with Gasteiger partial charge in [0.15, 0.2) is 12.2 Å². The number of aliphatic hydroxyl groups excluding tert-OH is 3. The zero-order valence-electron chi connectivity index (χ0n) is 7.02. The summed E-state index contributed by atoms with van der Waals surface area (Å²) < 4.78 is 4.47. The lowest BCUT2D eigenvalue weighted by Gasteiger charge is -2.17. The molecule has 1 fully saturated rings. The van der Waals surface area contributed by atoms with Crippen molar-refractivity contribution in [3.05, 3.63) is 10.4 Å². The van der Waals surface area contributed by atoms with Gasteiger partial charge in [0.05, 0.1) is 12.6 Å². The summed E-state index contributed by atoms with van der Waals surface area (Å²) in [5.74, 6) is -0.998. The summed E-state index contributed by atoms with van der Waals surface area (Å²) in [6.45, 7) is -0.335. The van der Waals surface area contributed by atoms with Crippen molar-refractivity contribution >= 4 is 5.97 Å². The molecule has 14 heavy (non-hydrogen) atoms. The van der Waals surface area contributed by atoms with E-state index in [4.69, 9.17) is 10.6 Å². The maximum absolute atomic E-state index is 10.7. The molecule has 1 rings (SSSR count). The van der Waals surface area contributed by atoms with E-state index in [0.717, 1.165) is 0 Å². The molecule has 0 spiro atoms. The zero-order chi connectivity index (χ0) is 10.7. The molecule has 0 amide bonds. The number of carbonyl (C=O) groups excluding carboxylic acids is 1. The van der Waals surface area contributed by atoms with E-state index < -0.39 is 30.4 Å². The van der Waals surface area contributed by atoms with E-state index in [9.17, 15) is 15.0 Å². The molecule has 0 radical (unpaired) electrons. The molecule has 0 saturated carbocycles. The molecule has 0 unspecified atom stereocenters. The highest BCUT2D eigenvalue weighted by Crippen LogP contribution is 2.19. The van der Waals surface area contributed by atoms with Crippen molar-refractivity contribution in [3.8, 4) is 0 Å². The number of carbonyl (C=O) groups is 1. The number of nitrogens with zero attached hydrogens (tertiary/aromatic N) is 3. The molecule has 0 aliphatic carbocycles. The van der Waals surface area contributed by atoms with E-state index in [-0.39, 0.29) is 6.54 Å². The van der Waals surface area contributed by atoms with E-state index in [1.807, 2.05) is 0 Å². The molecule has 0 bridgehead atoms. The second kappa shape index (κ2) is 4.25. The second-order valence-corrected chi connectivity index (χ2v) is 2.82. The van der Waals surface area contributed by atoms with Gasteiger partial charge >= 0.3 is 5.97 Å². The molecule has 0 aromatic carbocycles. The first kappa shape index (κ1) is 10.7. The van der Waals surface area contributed by atoms with Crippen LogP contribution in [0.3, 0.4) is 0 Å². The Labute approximate surface area is 78.3 Å². The predicted molar refractivity (Wildman–Crippen MR) is 41.9 cm³/mol. The normalized spacial score (nSPS) is 33.4. The summed E-state index contributed by atoms with van der Waals surface area (Å²) in [7, 11) is 0. The number of hydrogen-bond acceptors (Lipinski definition) is 6. The molecule has 78 valence electrons. The Morgan fingerprint density at radius 1 is 1.64 bits per heavy atom. The largest absolute Gasteiger partial charge is 0.455 e. The number of azide groups is 1. The lowest BCUT2D eigenvalue weighted by atomic mass is 10.1. The van der Waals surface area contributed by atoms with Crippen molar-refractivity contribution in [3.63, 3.8) is 0 Å². The van der Waals surface area contributed by atoms with Crippen molar-refractivity contribution in [1.82, 2.24) is 0 Å². The van der Waals surface area contributed by atoms with Gasteiger partial charge in [0.25, 0.3) is 0 Å². The lowest BCUT2D eigenvalue weighted by molar-refractivity contribution is -0.150. The van der Waals surface area contributed by atoms with Gasteiger partial charge in [0.2, 0.25) is 0 Å². The molecule has 4 atom stereocenters. The summed E-state index contributed by atoms with van der Waals surface area (Å²) in [5.41, 5.74) is 7.96. The van der Waals surface area contributed by atoms with Crippen LogP contribution >= 0.6 is 0 Å². The molecule has 0 aromatic heterocycles. The molecule has 1 aliphatic heterocycles. The number of esters is 1. The predicted octanol–water partition coefficient (Wildman–Crippen LogP) is -1.70. The number of cyclic esters (lactones) is 1. The summed E-state index contributed by atoms with van der Waals surface area (Å²) >= 11 is 0. The van der Waals surface area contributed by atoms with Gasteiger partial charge in [0, 0.05) is 4.91 Å². The summed E-state index contributed by atoms with van der Waals surface area (Å²) in [5, 5.41) is 30.5. The number of rotatable bonds is 3. The smallest absolute Gasteiger partial charge is 0.338 e. The Morgan fingerprint density at radius 2 is 2.29 bits per heavy atom. The van der Waals surface area contributed by atoms with Crippen LogP contribution in [0.25, 0.3) is 10.4 Å². The first-order valence-electron chi connectivity index (χ1n) is 3.83. The van der Waals surface area contributed by atoms with E-state index in [1.165, 1.54) is 0 Å². The molecule has 3 N–H and O–H groups in total. The highest BCUT2D eigenvalue weighted by Gasteiger charge is 2.45. The number of hydrogen-bond donors (Lipinski definition) is 3. The van der Waals surface area contributed by atoms with Gasteiger partial charge in [-0.05, 0) is 5.53 Å². The Bertz CT molecular complexity index is 277. The van der Waals surface area contributed by atoms with Crippen molar-refractivity contribution in [1.29, 1.82) is 0 Å². The SMILES string of the molecule is [N-]=[N+]=NC[C@@H](O)[C@H]1OC(=O)[C@H](O)[C@H]1O. The van der Waals surface area contributed by atoms with Gasteiger partial charge in [-0.15, -0.1) is 0 Å². The fraction of sp³-hybridized carbons (Fsp3) is 0.833. The fourth-order valence-electron chi connectivity index (χ4n) is 1.12. The minimum Gasteiger partial charge on any atom is -0.455 e. The highest BCUT2D eigenvalue weighted by atomic mass is 16.6. The first-order valence-corrected chi connectivity index (χ1v) is 3.83. The van der Waals surface area contributed by atoms with Gasteiger partial charge < -0.3 is 20.1 Å². The van der Waals surface area contributed by atoms with E-state index in [1.54, 1.807) is 0 Å². The Hall–Kier alpha value is -1.34. The minimum absolute atomic E-state index is 0.335. The van der Waals surface area contributed by atoms with Crippen LogP contribution in [0.2, 0.25) is 0 Å². The monoisotopic (exact) mass is 203 g/mol. The van der Waals surface area contributed by atoms with Gasteiger partial charge in [-0.1, -0.05) is 5.11 Å². The van der Waals surface area contributed by atoms with Crippen LogP contribution in [0.4, 0.5) is 0 Å². The standard InChI is InChI=1S/C6H9N3O5/c7-9-8-1-2(10)5-3(11)4(12)6(13)14-5/h2-5,10-12H,1H2/t2-,3-,4-,5-/m1/s1. The van der Waals surface area contributed by atoms with Gasteiger partial charge in [-0.3, -0.25) is 0 Å². The average molecular weight is 203 g/mol. The van der Waals surface area contributed by atoms with Crippen molar-refractivity contribution in [2.45, 2.75) is 24.4 Å². The van der Waals surface area contributed by atoms with Gasteiger partial charge in [0.1, 0.15) is 6.10 Å². The third-order valence-electron chi connectivity index (χ3n) is 1.87. The second-order valence-electron chi connectivity index (χ2n) is 2.82. The topological polar surface area (TPSA) is 136 Å². The van der Waals surface area contributed by atoms with Gasteiger partial charge in [-0.2, -0.15) is 0 Å². The highest BCUT2D eigenvalue weighted by molar-refractivity contribution is 5.77. The van der Waals surface area contributed by atoms with E-state index in [0.29, 0.717) is 0 Å². The maximum Gasteiger partial charge on any atom is 0.338 e. The lowest BCUT2D eigenvalue weighted by Crippen LogP contribution is -2.40. The van der Waals surface area contributed by atoms with E-state index >= 15 is 0 Å². The molecule has 8 heteroatoms. The third kappa shape index (κ3) is 1.94. The Balaban J connectivity index is 2.61. The van der Waals surface area contributed by atoms with Crippen LogP contribution in [-0.2, 0) is 9.53 Å². The summed E-state index contributed by atoms with van der Waals surface area (Å²) in [6, 6.07) is 0. The first-order chi connectivity index (χ1) is 6.57. The Morgan fingerprint density at radius 3 is 2.71 bits per heavy atom. The molecule has 8 nitrogen and oxygen atoms in total. The quantitative estimate of drug-likeness (QED) is 0.217. The molecule has 0 aromatic rings. The molecule has 1 heterocycles. The van der Waals surface area contributed by atoms with Crippen LogP contribution in [0, 0.1) is 0 Å². The maximum atomic E-state index is 10.7. The van der Waals surface area contributed by atoms with Crippen LogP contribution < -0.4 is 0 Å². The fourth-order valence-corrected chi connectivity index (χ4v) is 1.12. The van der Waals surface area contributed by atoms with Crippen LogP contribution in [0.5, 0.6) is 0 Å². The van der Waals surface area contributed by atoms with Crippen molar-refractivity contribution < 1.29 is 24.9 Å². The van der Waals surface area contributed by atoms with Crippen molar-refractivity contribution in [2.75, 3.05) is 6.54 Å². The van der Waals surface area contributed by atoms with Crippen molar-refractivity contribution in [2.24, 2.45) is 5.11 Å². The number of aliphatic hydroxyl groups is 3. The molecule has 1 saturated heterocycles. The number of ether oxygens (including phenoxy) is 1. The molecular formula is C6H9N3O5. The average Bonchev–Trinajstić information content (AvgIpc) is 2.42. The summed E-state index contributed by atoms with van der Waals surface area (Å²) in [4.78, 5) is 13.1. The third-order valence-corrected chi connectivity index (χ3v) is 1.87. The van der Waals surface area contributed by atoms with Crippen LogP contribution in [0.15, 0.2) is 5.11 Å². The van der Waals surface area contributed by atoms with E-state index in [2.05, 4.69) is 14.8 Å².